The van der Waals surface area contributed by atoms with Gasteiger partial charge in [-0.05, 0) is 40.6 Å². The van der Waals surface area contributed by atoms with Crippen molar-refractivity contribution in [2.45, 2.75) is 6.54 Å². The van der Waals surface area contributed by atoms with Crippen molar-refractivity contribution in [1.82, 2.24) is 5.32 Å². The molecule has 0 bridgehead atoms. The van der Waals surface area contributed by atoms with Gasteiger partial charge in [-0.25, -0.2) is 4.79 Å². The lowest BCUT2D eigenvalue weighted by atomic mass is 10.1. The molecule has 5 heteroatoms. The monoisotopic (exact) mass is 335 g/mol. The van der Waals surface area contributed by atoms with Gasteiger partial charge < -0.3 is 15.2 Å². The Bertz CT molecular complexity index is 932. The van der Waals surface area contributed by atoms with Crippen LogP contribution in [0.15, 0.2) is 60.7 Å². The number of ether oxygens (including phenoxy) is 1. The summed E-state index contributed by atoms with van der Waals surface area (Å²) in [6.45, 7) is 0.284. The molecule has 0 radical (unpaired) electrons. The fourth-order valence-corrected chi connectivity index (χ4v) is 2.56. The Morgan fingerprint density at radius 2 is 1.64 bits per heavy atom. The summed E-state index contributed by atoms with van der Waals surface area (Å²) in [5, 5.41) is 14.6. The summed E-state index contributed by atoms with van der Waals surface area (Å²) in [6, 6.07) is 17.5. The van der Waals surface area contributed by atoms with E-state index in [4.69, 9.17) is 0 Å². The number of hydrogen-bond acceptors (Lipinski definition) is 4. The first-order valence-corrected chi connectivity index (χ1v) is 7.75. The van der Waals surface area contributed by atoms with E-state index in [0.29, 0.717) is 5.56 Å². The van der Waals surface area contributed by atoms with E-state index in [1.54, 1.807) is 36.4 Å². The third kappa shape index (κ3) is 3.61. The average Bonchev–Trinajstić information content (AvgIpc) is 2.65. The van der Waals surface area contributed by atoms with Crippen molar-refractivity contribution in [3.63, 3.8) is 0 Å². The summed E-state index contributed by atoms with van der Waals surface area (Å²) in [7, 11) is 1.33. The second kappa shape index (κ2) is 7.05. The van der Waals surface area contributed by atoms with Crippen molar-refractivity contribution in [2.75, 3.05) is 7.11 Å². The van der Waals surface area contributed by atoms with Crippen LogP contribution >= 0.6 is 0 Å². The van der Waals surface area contributed by atoms with Crippen LogP contribution in [0.4, 0.5) is 0 Å². The Labute approximate surface area is 144 Å². The molecular weight excluding hydrogens is 318 g/mol. The number of amides is 1. The van der Waals surface area contributed by atoms with Crippen LogP contribution in [0.1, 0.15) is 26.3 Å². The number of phenolic OH excluding ortho intramolecular Hbond substituents is 1. The van der Waals surface area contributed by atoms with Crippen LogP contribution in [0.2, 0.25) is 0 Å². The zero-order valence-electron chi connectivity index (χ0n) is 13.7. The van der Waals surface area contributed by atoms with Gasteiger partial charge in [0.05, 0.1) is 18.2 Å². The first-order valence-electron chi connectivity index (χ1n) is 7.75. The van der Waals surface area contributed by atoms with Gasteiger partial charge in [0.2, 0.25) is 0 Å². The van der Waals surface area contributed by atoms with Gasteiger partial charge in [0.15, 0.2) is 0 Å². The highest BCUT2D eigenvalue weighted by Gasteiger charge is 2.12. The average molecular weight is 335 g/mol. The molecule has 3 aromatic rings. The van der Waals surface area contributed by atoms with Crippen molar-refractivity contribution in [3.8, 4) is 5.75 Å². The molecule has 3 aromatic carbocycles. The molecule has 0 aliphatic carbocycles. The largest absolute Gasteiger partial charge is 0.507 e. The Balaban J connectivity index is 1.72. The highest BCUT2D eigenvalue weighted by atomic mass is 16.5. The highest BCUT2D eigenvalue weighted by molar-refractivity contribution is 6.01. The fourth-order valence-electron chi connectivity index (χ4n) is 2.56. The fraction of sp³-hybridized carbons (Fsp3) is 0.100. The number of fused-ring (bicyclic) bond motifs is 1. The molecule has 0 atom stereocenters. The molecule has 0 aliphatic rings. The minimum absolute atomic E-state index is 0.0581. The summed E-state index contributed by atoms with van der Waals surface area (Å²) >= 11 is 0. The molecule has 0 heterocycles. The topological polar surface area (TPSA) is 75.6 Å². The van der Waals surface area contributed by atoms with Gasteiger partial charge in [-0.1, -0.05) is 36.4 Å². The molecule has 126 valence electrons. The Morgan fingerprint density at radius 1 is 1.00 bits per heavy atom. The molecule has 2 N–H and O–H groups in total. The van der Waals surface area contributed by atoms with Crippen LogP contribution in [0.25, 0.3) is 10.8 Å². The molecule has 0 spiro atoms. The van der Waals surface area contributed by atoms with E-state index in [2.05, 4.69) is 10.1 Å². The molecule has 0 saturated heterocycles. The van der Waals surface area contributed by atoms with Crippen molar-refractivity contribution >= 4 is 22.6 Å². The summed E-state index contributed by atoms with van der Waals surface area (Å²) in [4.78, 5) is 23.8. The number of aromatic hydroxyl groups is 1. The molecule has 3 rings (SSSR count). The highest BCUT2D eigenvalue weighted by Crippen LogP contribution is 2.24. The first kappa shape index (κ1) is 16.5. The maximum Gasteiger partial charge on any atom is 0.337 e. The number of carbonyl (C=O) groups excluding carboxylic acids is 2. The second-order valence-electron chi connectivity index (χ2n) is 5.59. The van der Waals surface area contributed by atoms with Crippen LogP contribution in [0.3, 0.4) is 0 Å². The number of rotatable bonds is 4. The lowest BCUT2D eigenvalue weighted by Gasteiger charge is -2.09. The van der Waals surface area contributed by atoms with Crippen LogP contribution in [0, 0.1) is 0 Å². The number of phenols is 1. The van der Waals surface area contributed by atoms with Gasteiger partial charge in [0.1, 0.15) is 5.75 Å². The van der Waals surface area contributed by atoms with Crippen LogP contribution in [-0.2, 0) is 11.3 Å². The quantitative estimate of drug-likeness (QED) is 0.718. The van der Waals surface area contributed by atoms with E-state index in [-0.39, 0.29) is 23.8 Å². The molecule has 0 unspecified atom stereocenters. The van der Waals surface area contributed by atoms with Crippen LogP contribution in [-0.4, -0.2) is 24.1 Å². The minimum Gasteiger partial charge on any atom is -0.507 e. The standard InChI is InChI=1S/C20H17NO4/c1-25-20(24)14-8-6-13(7-9-14)12-21-19(23)17-10-15-4-2-3-5-16(15)11-18(17)22/h2-11,22H,12H2,1H3,(H,21,23). The van der Waals surface area contributed by atoms with E-state index < -0.39 is 5.97 Å². The summed E-state index contributed by atoms with van der Waals surface area (Å²) in [5.74, 6) is -0.825. The Morgan fingerprint density at radius 3 is 2.28 bits per heavy atom. The number of esters is 1. The summed E-state index contributed by atoms with van der Waals surface area (Å²) in [6.07, 6.45) is 0. The predicted octanol–water partition coefficient (Wildman–Crippen LogP) is 3.26. The first-order chi connectivity index (χ1) is 12.1. The van der Waals surface area contributed by atoms with Crippen molar-refractivity contribution in [1.29, 1.82) is 0 Å². The summed E-state index contributed by atoms with van der Waals surface area (Å²) in [5.41, 5.74) is 1.51. The lowest BCUT2D eigenvalue weighted by Crippen LogP contribution is -2.22. The number of methoxy groups -OCH3 is 1. The van der Waals surface area contributed by atoms with Crippen molar-refractivity contribution in [2.24, 2.45) is 0 Å². The van der Waals surface area contributed by atoms with Gasteiger partial charge in [-0.3, -0.25) is 4.79 Å². The molecular formula is C20H17NO4. The summed E-state index contributed by atoms with van der Waals surface area (Å²) < 4.78 is 4.64. The SMILES string of the molecule is COC(=O)c1ccc(CNC(=O)c2cc3ccccc3cc2O)cc1. The molecule has 0 aliphatic heterocycles. The van der Waals surface area contributed by atoms with Gasteiger partial charge >= 0.3 is 5.97 Å². The van der Waals surface area contributed by atoms with Gasteiger partial charge in [-0.15, -0.1) is 0 Å². The minimum atomic E-state index is -0.406. The van der Waals surface area contributed by atoms with Crippen LogP contribution in [0.5, 0.6) is 5.75 Å². The van der Waals surface area contributed by atoms with Gasteiger partial charge in [-0.2, -0.15) is 0 Å². The molecule has 25 heavy (non-hydrogen) atoms. The Hall–Kier alpha value is -3.34. The maximum atomic E-state index is 12.4. The number of hydrogen-bond donors (Lipinski definition) is 2. The number of carbonyl (C=O) groups is 2. The zero-order chi connectivity index (χ0) is 17.8. The maximum absolute atomic E-state index is 12.4. The third-order valence-electron chi connectivity index (χ3n) is 3.94. The van der Waals surface area contributed by atoms with Crippen LogP contribution < -0.4 is 5.32 Å². The van der Waals surface area contributed by atoms with E-state index in [0.717, 1.165) is 16.3 Å². The van der Waals surface area contributed by atoms with Crippen molar-refractivity contribution < 1.29 is 19.4 Å². The second-order valence-corrected chi connectivity index (χ2v) is 5.59. The molecule has 1 amide bonds. The molecule has 5 nitrogen and oxygen atoms in total. The zero-order valence-corrected chi connectivity index (χ0v) is 13.7. The number of nitrogens with one attached hydrogen (secondary N) is 1. The molecule has 0 aromatic heterocycles. The van der Waals surface area contributed by atoms with Gasteiger partial charge in [0.25, 0.3) is 5.91 Å². The van der Waals surface area contributed by atoms with E-state index in [1.807, 2.05) is 24.3 Å². The lowest BCUT2D eigenvalue weighted by molar-refractivity contribution is 0.0600. The van der Waals surface area contributed by atoms with E-state index >= 15 is 0 Å². The third-order valence-corrected chi connectivity index (χ3v) is 3.94. The normalized spacial score (nSPS) is 10.4. The van der Waals surface area contributed by atoms with E-state index in [1.165, 1.54) is 7.11 Å². The van der Waals surface area contributed by atoms with Crippen molar-refractivity contribution in [3.05, 3.63) is 77.4 Å². The van der Waals surface area contributed by atoms with Gasteiger partial charge in [0, 0.05) is 6.54 Å². The Kier molecular flexibility index (Phi) is 4.66. The van der Waals surface area contributed by atoms with E-state index in [9.17, 15) is 14.7 Å². The molecule has 0 fully saturated rings. The molecule has 0 saturated carbocycles. The predicted molar refractivity (Wildman–Crippen MR) is 94.6 cm³/mol. The number of benzene rings is 3. The smallest absolute Gasteiger partial charge is 0.337 e.